The van der Waals surface area contributed by atoms with Gasteiger partial charge in [-0.15, -0.1) is 16.1 Å². The lowest BCUT2D eigenvalue weighted by atomic mass is 9.98. The van der Waals surface area contributed by atoms with E-state index in [-0.39, 0.29) is 0 Å². The van der Waals surface area contributed by atoms with Crippen molar-refractivity contribution in [3.8, 4) is 34.4 Å². The maximum absolute atomic E-state index is 4.78. The van der Waals surface area contributed by atoms with Gasteiger partial charge in [0.05, 0.1) is 0 Å². The van der Waals surface area contributed by atoms with Gasteiger partial charge in [0.2, 0.25) is 5.82 Å². The van der Waals surface area contributed by atoms with E-state index in [2.05, 4.69) is 81.7 Å². The van der Waals surface area contributed by atoms with Crippen LogP contribution >= 0.6 is 0 Å². The first kappa shape index (κ1) is 20.5. The molecule has 0 unspecified atom stereocenters. The van der Waals surface area contributed by atoms with Crippen LogP contribution in [0.4, 0.5) is 0 Å². The van der Waals surface area contributed by atoms with E-state index in [4.69, 9.17) is 4.98 Å². The lowest BCUT2D eigenvalue weighted by Crippen LogP contribution is -2.05. The molecule has 0 aliphatic rings. The predicted molar refractivity (Wildman–Crippen MR) is 120 cm³/mol. The molecule has 0 fully saturated rings. The number of H-pyrrole nitrogens is 1. The summed E-state index contributed by atoms with van der Waals surface area (Å²) in [5, 5.41) is 19.1. The number of rotatable bonds is 7. The largest absolute Gasteiger partial charge is 0.237 e. The molecule has 0 saturated heterocycles. The van der Waals surface area contributed by atoms with Crippen LogP contribution in [0.25, 0.3) is 22.5 Å². The standard InChI is InChI=1S/C24H25N7/c1-4-5-14-31-23(25-22(28-31)15-17(2)3)16-18-10-12-19(13-11-18)20-8-6-7-9-21(20)24-26-29-30-27-24/h6-13,17H,14-16H2,1-3H3,(H,26,27,29,30). The highest BCUT2D eigenvalue weighted by Gasteiger charge is 2.13. The van der Waals surface area contributed by atoms with Crippen molar-refractivity contribution in [3.05, 3.63) is 65.7 Å². The highest BCUT2D eigenvalue weighted by atomic mass is 15.5. The van der Waals surface area contributed by atoms with Gasteiger partial charge in [-0.2, -0.15) is 10.3 Å². The molecule has 1 N–H and O–H groups in total. The van der Waals surface area contributed by atoms with E-state index >= 15 is 0 Å². The Kier molecular flexibility index (Phi) is 6.18. The van der Waals surface area contributed by atoms with Crippen molar-refractivity contribution in [3.63, 3.8) is 0 Å². The second-order valence-corrected chi connectivity index (χ2v) is 7.78. The van der Waals surface area contributed by atoms with Gasteiger partial charge in [-0.3, -0.25) is 0 Å². The average molecular weight is 412 g/mol. The number of benzene rings is 2. The van der Waals surface area contributed by atoms with E-state index in [1.165, 1.54) is 5.56 Å². The molecule has 2 aromatic heterocycles. The SMILES string of the molecule is CC#CCn1nc(CC(C)C)nc1Cc1ccc(-c2ccccc2-c2nn[nH]n2)cc1. The molecule has 31 heavy (non-hydrogen) atoms. The number of nitrogens with zero attached hydrogens (tertiary/aromatic N) is 6. The molecule has 2 heterocycles. The second kappa shape index (κ2) is 9.35. The summed E-state index contributed by atoms with van der Waals surface area (Å²) in [5.74, 6) is 8.97. The van der Waals surface area contributed by atoms with Crippen LogP contribution in [0.1, 0.15) is 38.0 Å². The number of aromatic nitrogens is 7. The van der Waals surface area contributed by atoms with Gasteiger partial charge >= 0.3 is 0 Å². The Hall–Kier alpha value is -3.79. The summed E-state index contributed by atoms with van der Waals surface area (Å²) in [6, 6.07) is 16.6. The molecule has 7 heteroatoms. The van der Waals surface area contributed by atoms with Crippen LogP contribution in [-0.4, -0.2) is 35.4 Å². The topological polar surface area (TPSA) is 85.2 Å². The lowest BCUT2D eigenvalue weighted by molar-refractivity contribution is 0.605. The smallest absolute Gasteiger partial charge is 0.205 e. The van der Waals surface area contributed by atoms with Crippen LogP contribution in [0.15, 0.2) is 48.5 Å². The molecular weight excluding hydrogens is 386 g/mol. The monoisotopic (exact) mass is 411 g/mol. The molecule has 0 spiro atoms. The van der Waals surface area contributed by atoms with E-state index in [0.717, 1.165) is 34.8 Å². The molecule has 0 saturated carbocycles. The van der Waals surface area contributed by atoms with Crippen molar-refractivity contribution in [2.75, 3.05) is 0 Å². The van der Waals surface area contributed by atoms with Crippen molar-refractivity contribution < 1.29 is 0 Å². The Morgan fingerprint density at radius 3 is 2.48 bits per heavy atom. The average Bonchev–Trinajstić information content (AvgIpc) is 3.43. The van der Waals surface area contributed by atoms with Crippen LogP contribution < -0.4 is 0 Å². The van der Waals surface area contributed by atoms with Crippen molar-refractivity contribution in [2.24, 2.45) is 5.92 Å². The quantitative estimate of drug-likeness (QED) is 0.466. The normalized spacial score (nSPS) is 10.8. The minimum absolute atomic E-state index is 0.513. The molecule has 0 aliphatic carbocycles. The first-order chi connectivity index (χ1) is 15.1. The van der Waals surface area contributed by atoms with Gasteiger partial charge in [-0.1, -0.05) is 68.3 Å². The third-order valence-electron chi connectivity index (χ3n) is 4.93. The van der Waals surface area contributed by atoms with Gasteiger partial charge in [-0.05, 0) is 34.7 Å². The van der Waals surface area contributed by atoms with Crippen LogP contribution in [0, 0.1) is 17.8 Å². The van der Waals surface area contributed by atoms with Gasteiger partial charge in [0.25, 0.3) is 0 Å². The van der Waals surface area contributed by atoms with E-state index in [9.17, 15) is 0 Å². The third kappa shape index (κ3) is 4.86. The maximum Gasteiger partial charge on any atom is 0.205 e. The van der Waals surface area contributed by atoms with Gasteiger partial charge in [0, 0.05) is 18.4 Å². The summed E-state index contributed by atoms with van der Waals surface area (Å²) in [7, 11) is 0. The summed E-state index contributed by atoms with van der Waals surface area (Å²) >= 11 is 0. The predicted octanol–water partition coefficient (Wildman–Crippen LogP) is 3.94. The van der Waals surface area contributed by atoms with Crippen molar-refractivity contribution in [2.45, 2.75) is 40.2 Å². The maximum atomic E-state index is 4.78. The van der Waals surface area contributed by atoms with Gasteiger partial charge in [0.1, 0.15) is 12.4 Å². The summed E-state index contributed by atoms with van der Waals surface area (Å²) in [5.41, 5.74) is 4.29. The van der Waals surface area contributed by atoms with Crippen LogP contribution in [0.3, 0.4) is 0 Å². The fourth-order valence-electron chi connectivity index (χ4n) is 3.48. The van der Waals surface area contributed by atoms with Gasteiger partial charge < -0.3 is 0 Å². The van der Waals surface area contributed by atoms with Crippen molar-refractivity contribution in [1.29, 1.82) is 0 Å². The number of tetrazole rings is 1. The first-order valence-electron chi connectivity index (χ1n) is 10.4. The first-order valence-corrected chi connectivity index (χ1v) is 10.4. The highest BCUT2D eigenvalue weighted by Crippen LogP contribution is 2.29. The molecule has 0 amide bonds. The zero-order chi connectivity index (χ0) is 21.6. The lowest BCUT2D eigenvalue weighted by Gasteiger charge is -2.08. The summed E-state index contributed by atoms with van der Waals surface area (Å²) in [6.07, 6.45) is 1.58. The third-order valence-corrected chi connectivity index (χ3v) is 4.93. The van der Waals surface area contributed by atoms with Crippen molar-refractivity contribution in [1.82, 2.24) is 35.4 Å². The number of hydrogen-bond acceptors (Lipinski definition) is 5. The molecule has 2 aromatic carbocycles. The Balaban J connectivity index is 1.59. The highest BCUT2D eigenvalue weighted by molar-refractivity contribution is 5.80. The molecule has 4 rings (SSSR count). The molecule has 0 atom stereocenters. The minimum Gasteiger partial charge on any atom is -0.237 e. The van der Waals surface area contributed by atoms with Gasteiger partial charge in [-0.25, -0.2) is 9.67 Å². The second-order valence-electron chi connectivity index (χ2n) is 7.78. The zero-order valence-corrected chi connectivity index (χ0v) is 18.0. The Labute approximate surface area is 181 Å². The minimum atomic E-state index is 0.513. The van der Waals surface area contributed by atoms with Crippen LogP contribution in [-0.2, 0) is 19.4 Å². The summed E-state index contributed by atoms with van der Waals surface area (Å²) in [4.78, 5) is 4.78. The number of nitrogens with one attached hydrogen (secondary N) is 1. The fraction of sp³-hybridized carbons (Fsp3) is 0.292. The molecule has 0 radical (unpaired) electrons. The molecule has 156 valence electrons. The summed E-state index contributed by atoms with van der Waals surface area (Å²) in [6.45, 7) is 6.76. The van der Waals surface area contributed by atoms with Crippen LogP contribution in [0.5, 0.6) is 0 Å². The molecule has 7 nitrogen and oxygen atoms in total. The molecular formula is C24H25N7. The fourth-order valence-corrected chi connectivity index (χ4v) is 3.48. The molecule has 0 bridgehead atoms. The summed E-state index contributed by atoms with van der Waals surface area (Å²) < 4.78 is 1.92. The Morgan fingerprint density at radius 2 is 1.81 bits per heavy atom. The van der Waals surface area contributed by atoms with E-state index < -0.39 is 0 Å². The van der Waals surface area contributed by atoms with E-state index in [1.807, 2.05) is 29.8 Å². The van der Waals surface area contributed by atoms with Gasteiger partial charge in [0.15, 0.2) is 5.82 Å². The van der Waals surface area contributed by atoms with E-state index in [1.54, 1.807) is 0 Å². The molecule has 0 aliphatic heterocycles. The van der Waals surface area contributed by atoms with Crippen LogP contribution in [0.2, 0.25) is 0 Å². The Bertz CT molecular complexity index is 1190. The number of hydrogen-bond donors (Lipinski definition) is 1. The molecule has 4 aromatic rings. The zero-order valence-electron chi connectivity index (χ0n) is 18.0. The number of aromatic amines is 1. The Morgan fingerprint density at radius 1 is 1.03 bits per heavy atom. The van der Waals surface area contributed by atoms with E-state index in [0.29, 0.717) is 24.7 Å². The van der Waals surface area contributed by atoms with Crippen molar-refractivity contribution >= 4 is 0 Å².